The molecule has 11 heteroatoms. The Morgan fingerprint density at radius 3 is 2.65 bits per heavy atom. The zero-order valence-corrected chi connectivity index (χ0v) is 19.2. The summed E-state index contributed by atoms with van der Waals surface area (Å²) in [6, 6.07) is 13.9. The molecule has 0 aliphatic rings. The molecule has 174 valence electrons. The van der Waals surface area contributed by atoms with Crippen LogP contribution in [-0.2, 0) is 11.8 Å². The second-order valence-corrected chi connectivity index (χ2v) is 7.93. The summed E-state index contributed by atoms with van der Waals surface area (Å²) >= 11 is 6.25. The lowest BCUT2D eigenvalue weighted by atomic mass is 9.96. The van der Waals surface area contributed by atoms with Crippen molar-refractivity contribution in [3.8, 4) is 22.5 Å². The Hall–Kier alpha value is -3.89. The average molecular weight is 481 g/mol. The van der Waals surface area contributed by atoms with Crippen LogP contribution in [0.25, 0.3) is 22.5 Å². The maximum absolute atomic E-state index is 14.7. The number of carbonyl (C=O) groups excluding carboxylic acids is 1. The maximum atomic E-state index is 14.7. The number of rotatable bonds is 7. The van der Waals surface area contributed by atoms with Crippen LogP contribution in [0.3, 0.4) is 0 Å². The molecule has 0 fully saturated rings. The van der Waals surface area contributed by atoms with Crippen LogP contribution in [0.4, 0.5) is 15.9 Å². The number of pyridine rings is 1. The second-order valence-electron chi connectivity index (χ2n) is 7.52. The first-order chi connectivity index (χ1) is 16.4. The van der Waals surface area contributed by atoms with Crippen LogP contribution in [0.2, 0.25) is 5.02 Å². The van der Waals surface area contributed by atoms with E-state index in [1.54, 1.807) is 25.4 Å². The summed E-state index contributed by atoms with van der Waals surface area (Å²) in [6.07, 6.45) is 1.55. The van der Waals surface area contributed by atoms with E-state index in [9.17, 15) is 9.18 Å². The predicted octanol–water partition coefficient (Wildman–Crippen LogP) is 3.80. The molecule has 1 atom stereocenters. The fraction of sp³-hybridized carbons (Fsp3) is 0.174. The molecular formula is C23H22ClFN8O. The van der Waals surface area contributed by atoms with Gasteiger partial charge in [0.2, 0.25) is 11.7 Å². The SMILES string of the molecule is C[C@@H](Nc1nccc(Cl)c1NC(=O)CN)c1ccc(-c2cccc(F)c2-c2nnn(C)n2)cc1. The summed E-state index contributed by atoms with van der Waals surface area (Å²) in [7, 11) is 1.63. The van der Waals surface area contributed by atoms with Crippen molar-refractivity contribution in [2.24, 2.45) is 12.8 Å². The second kappa shape index (κ2) is 9.94. The number of tetrazole rings is 1. The van der Waals surface area contributed by atoms with Gasteiger partial charge in [-0.05, 0) is 41.0 Å². The van der Waals surface area contributed by atoms with E-state index in [-0.39, 0.29) is 29.9 Å². The standard InChI is InChI=1S/C23H22ClFN8O/c1-13(28-23-21(29-19(34)12-26)17(24)10-11-27-23)14-6-8-15(9-7-14)16-4-3-5-18(25)20(16)22-30-32-33(2)31-22/h3-11,13H,12,26H2,1-2H3,(H,27,28)(H,29,34)/t13-/m1/s1. The largest absolute Gasteiger partial charge is 0.362 e. The van der Waals surface area contributed by atoms with Crippen molar-refractivity contribution in [3.63, 3.8) is 0 Å². The predicted molar refractivity (Wildman–Crippen MR) is 129 cm³/mol. The van der Waals surface area contributed by atoms with Crippen LogP contribution < -0.4 is 16.4 Å². The summed E-state index contributed by atoms with van der Waals surface area (Å²) in [5, 5.41) is 18.2. The Labute approximate surface area is 200 Å². The van der Waals surface area contributed by atoms with Gasteiger partial charge in [-0.2, -0.15) is 4.80 Å². The van der Waals surface area contributed by atoms with Crippen molar-refractivity contribution in [3.05, 3.63) is 71.1 Å². The fourth-order valence-corrected chi connectivity index (χ4v) is 3.67. The number of benzene rings is 2. The lowest BCUT2D eigenvalue weighted by Gasteiger charge is -2.19. The Bertz CT molecular complexity index is 1330. The van der Waals surface area contributed by atoms with E-state index in [1.807, 2.05) is 37.3 Å². The number of amides is 1. The molecule has 34 heavy (non-hydrogen) atoms. The molecule has 0 spiro atoms. The van der Waals surface area contributed by atoms with E-state index in [1.165, 1.54) is 10.9 Å². The van der Waals surface area contributed by atoms with Gasteiger partial charge in [0, 0.05) is 6.20 Å². The van der Waals surface area contributed by atoms with Crippen LogP contribution in [0.5, 0.6) is 0 Å². The lowest BCUT2D eigenvalue weighted by Crippen LogP contribution is -2.23. The van der Waals surface area contributed by atoms with Gasteiger partial charge in [0.15, 0.2) is 5.82 Å². The molecule has 2 heterocycles. The van der Waals surface area contributed by atoms with Crippen LogP contribution in [0.15, 0.2) is 54.7 Å². The highest BCUT2D eigenvalue weighted by molar-refractivity contribution is 6.34. The van der Waals surface area contributed by atoms with E-state index in [2.05, 4.69) is 31.0 Å². The molecule has 0 aliphatic heterocycles. The molecule has 1 amide bonds. The number of nitrogens with two attached hydrogens (primary N) is 1. The topological polar surface area (TPSA) is 124 Å². The van der Waals surface area contributed by atoms with Crippen LogP contribution >= 0.6 is 11.6 Å². The minimum Gasteiger partial charge on any atom is -0.362 e. The Balaban J connectivity index is 1.60. The molecule has 4 N–H and O–H groups in total. The molecule has 4 aromatic rings. The first kappa shape index (κ1) is 23.3. The lowest BCUT2D eigenvalue weighted by molar-refractivity contribution is -0.114. The Morgan fingerprint density at radius 2 is 1.97 bits per heavy atom. The molecule has 2 aromatic heterocycles. The highest BCUT2D eigenvalue weighted by Gasteiger charge is 2.18. The first-order valence-corrected chi connectivity index (χ1v) is 10.8. The van der Waals surface area contributed by atoms with Gasteiger partial charge in [-0.15, -0.1) is 10.2 Å². The van der Waals surface area contributed by atoms with Gasteiger partial charge < -0.3 is 16.4 Å². The average Bonchev–Trinajstić information content (AvgIpc) is 3.26. The first-order valence-electron chi connectivity index (χ1n) is 10.4. The zero-order valence-electron chi connectivity index (χ0n) is 18.5. The van der Waals surface area contributed by atoms with Gasteiger partial charge in [-0.25, -0.2) is 9.37 Å². The van der Waals surface area contributed by atoms with Crippen LogP contribution in [-0.4, -0.2) is 37.6 Å². The van der Waals surface area contributed by atoms with Crippen LogP contribution in [0, 0.1) is 5.82 Å². The van der Waals surface area contributed by atoms with Gasteiger partial charge in [0.1, 0.15) is 11.5 Å². The molecule has 4 rings (SSSR count). The third-order valence-electron chi connectivity index (χ3n) is 5.17. The minimum absolute atomic E-state index is 0.173. The summed E-state index contributed by atoms with van der Waals surface area (Å²) in [5.41, 5.74) is 8.45. The summed E-state index contributed by atoms with van der Waals surface area (Å²) in [4.78, 5) is 17.4. The highest BCUT2D eigenvalue weighted by Crippen LogP contribution is 2.34. The van der Waals surface area contributed by atoms with Crippen molar-refractivity contribution < 1.29 is 9.18 Å². The highest BCUT2D eigenvalue weighted by atomic mass is 35.5. The third kappa shape index (κ3) is 4.87. The third-order valence-corrected chi connectivity index (χ3v) is 5.49. The number of nitrogens with zero attached hydrogens (tertiary/aromatic N) is 5. The van der Waals surface area contributed by atoms with E-state index in [0.717, 1.165) is 11.1 Å². The van der Waals surface area contributed by atoms with Crippen molar-refractivity contribution in [2.45, 2.75) is 13.0 Å². The Morgan fingerprint density at radius 1 is 1.21 bits per heavy atom. The monoisotopic (exact) mass is 480 g/mol. The van der Waals surface area contributed by atoms with E-state index in [4.69, 9.17) is 17.3 Å². The number of hydrogen-bond donors (Lipinski definition) is 3. The molecular weight excluding hydrogens is 459 g/mol. The van der Waals surface area contributed by atoms with Gasteiger partial charge in [-0.1, -0.05) is 48.0 Å². The number of aryl methyl sites for hydroxylation is 1. The smallest absolute Gasteiger partial charge is 0.238 e. The molecule has 0 unspecified atom stereocenters. The molecule has 0 saturated heterocycles. The number of anilines is 2. The maximum Gasteiger partial charge on any atom is 0.238 e. The van der Waals surface area contributed by atoms with Gasteiger partial charge in [-0.3, -0.25) is 4.79 Å². The van der Waals surface area contributed by atoms with Crippen molar-refractivity contribution in [1.82, 2.24) is 25.2 Å². The molecule has 2 aromatic carbocycles. The van der Waals surface area contributed by atoms with E-state index >= 15 is 0 Å². The molecule has 9 nitrogen and oxygen atoms in total. The fourth-order valence-electron chi connectivity index (χ4n) is 3.47. The summed E-state index contributed by atoms with van der Waals surface area (Å²) < 4.78 is 14.7. The normalized spacial score (nSPS) is 11.8. The van der Waals surface area contributed by atoms with Crippen molar-refractivity contribution in [2.75, 3.05) is 17.2 Å². The summed E-state index contributed by atoms with van der Waals surface area (Å²) in [6.45, 7) is 1.77. The number of carbonyl (C=O) groups is 1. The Kier molecular flexibility index (Phi) is 6.80. The molecule has 0 radical (unpaired) electrons. The summed E-state index contributed by atoms with van der Waals surface area (Å²) in [5.74, 6) is -0.164. The van der Waals surface area contributed by atoms with Crippen LogP contribution in [0.1, 0.15) is 18.5 Å². The van der Waals surface area contributed by atoms with Gasteiger partial charge >= 0.3 is 0 Å². The molecule has 0 aliphatic carbocycles. The quantitative estimate of drug-likeness (QED) is 0.367. The van der Waals surface area contributed by atoms with E-state index < -0.39 is 5.82 Å². The van der Waals surface area contributed by atoms with Gasteiger partial charge in [0.05, 0.1) is 30.2 Å². The van der Waals surface area contributed by atoms with Crippen molar-refractivity contribution >= 4 is 29.0 Å². The number of nitrogens with one attached hydrogen (secondary N) is 2. The zero-order chi connectivity index (χ0) is 24.2. The number of hydrogen-bond acceptors (Lipinski definition) is 7. The number of halogens is 2. The van der Waals surface area contributed by atoms with Gasteiger partial charge in [0.25, 0.3) is 0 Å². The molecule has 0 saturated carbocycles. The minimum atomic E-state index is -0.427. The molecule has 0 bridgehead atoms. The van der Waals surface area contributed by atoms with E-state index in [0.29, 0.717) is 22.1 Å². The number of aromatic nitrogens is 5. The van der Waals surface area contributed by atoms with Crippen molar-refractivity contribution in [1.29, 1.82) is 0 Å².